The number of carbonyl (C=O) groups is 1. The van der Waals surface area contributed by atoms with Gasteiger partial charge in [0.25, 0.3) is 11.5 Å². The second-order valence-electron chi connectivity index (χ2n) is 9.12. The highest BCUT2D eigenvalue weighted by Gasteiger charge is 2.22. The number of aromatic nitrogens is 2. The molecule has 0 bridgehead atoms. The topological polar surface area (TPSA) is 73.2 Å². The minimum Gasteiger partial charge on any atom is -0.376 e. The molecule has 2 fully saturated rings. The van der Waals surface area contributed by atoms with Crippen LogP contribution < -0.4 is 10.9 Å². The molecule has 6 nitrogen and oxygen atoms in total. The maximum absolute atomic E-state index is 14.4. The molecule has 1 N–H and O–H groups in total. The molecule has 35 heavy (non-hydrogen) atoms. The van der Waals surface area contributed by atoms with Crippen molar-refractivity contribution in [2.45, 2.75) is 68.1 Å². The summed E-state index contributed by atoms with van der Waals surface area (Å²) in [5.41, 5.74) is 1.08. The normalized spacial score (nSPS) is 18.4. The summed E-state index contributed by atoms with van der Waals surface area (Å²) in [6.45, 7) is 1.05. The molecule has 1 aliphatic heterocycles. The monoisotopic (exact) mass is 515 g/mol. The van der Waals surface area contributed by atoms with Crippen LogP contribution in [0.1, 0.15) is 54.4 Å². The van der Waals surface area contributed by atoms with Gasteiger partial charge in [0.05, 0.1) is 23.6 Å². The maximum Gasteiger partial charge on any atom is 0.262 e. The lowest BCUT2D eigenvalue weighted by Gasteiger charge is -2.17. The van der Waals surface area contributed by atoms with Crippen LogP contribution in [0.15, 0.2) is 46.3 Å². The smallest absolute Gasteiger partial charge is 0.262 e. The number of rotatable bonds is 7. The van der Waals surface area contributed by atoms with E-state index in [0.717, 1.165) is 38.5 Å². The Morgan fingerprint density at radius 3 is 2.77 bits per heavy atom. The number of nitrogens with one attached hydrogen (secondary N) is 1. The quantitative estimate of drug-likeness (QED) is 0.340. The highest BCUT2D eigenvalue weighted by atomic mass is 35.5. The standard InChI is InChI=1S/C26H27ClFN3O3S/c27-21-8-3-9-22(28)20(21)15-35-26-30-23-13-16(24(32)29-17-5-1-2-6-17)10-11-19(23)25(33)31(26)14-18-7-4-12-34-18/h3,8-11,13,17-18H,1-2,4-7,12,14-15H2,(H,29,32)/t18-/m1/s1. The second-order valence-corrected chi connectivity index (χ2v) is 10.5. The van der Waals surface area contributed by atoms with E-state index in [2.05, 4.69) is 5.32 Å². The van der Waals surface area contributed by atoms with Crippen LogP contribution in [-0.2, 0) is 17.0 Å². The van der Waals surface area contributed by atoms with Gasteiger partial charge in [0.2, 0.25) is 0 Å². The Morgan fingerprint density at radius 1 is 1.20 bits per heavy atom. The molecule has 2 heterocycles. The maximum atomic E-state index is 14.4. The van der Waals surface area contributed by atoms with Crippen molar-refractivity contribution < 1.29 is 13.9 Å². The molecule has 1 saturated carbocycles. The van der Waals surface area contributed by atoms with Crippen LogP contribution >= 0.6 is 23.4 Å². The van der Waals surface area contributed by atoms with Crippen molar-refractivity contribution in [2.24, 2.45) is 0 Å². The number of thioether (sulfide) groups is 1. The molecule has 2 aliphatic rings. The number of amides is 1. The zero-order chi connectivity index (χ0) is 24.4. The molecule has 0 spiro atoms. The summed E-state index contributed by atoms with van der Waals surface area (Å²) in [5, 5.41) is 4.30. The van der Waals surface area contributed by atoms with E-state index in [1.54, 1.807) is 34.9 Å². The van der Waals surface area contributed by atoms with Gasteiger partial charge in [-0.1, -0.05) is 42.3 Å². The Morgan fingerprint density at radius 2 is 2.03 bits per heavy atom. The molecule has 1 aliphatic carbocycles. The van der Waals surface area contributed by atoms with Crippen LogP contribution in [0.3, 0.4) is 0 Å². The lowest BCUT2D eigenvalue weighted by atomic mass is 10.1. The summed E-state index contributed by atoms with van der Waals surface area (Å²) in [5.74, 6) is -0.335. The molecule has 0 radical (unpaired) electrons. The van der Waals surface area contributed by atoms with Gasteiger partial charge in [-0.15, -0.1) is 0 Å². The van der Waals surface area contributed by atoms with Crippen LogP contribution in [0.2, 0.25) is 5.02 Å². The average Bonchev–Trinajstić information content (AvgIpc) is 3.55. The van der Waals surface area contributed by atoms with Crippen LogP contribution in [0, 0.1) is 5.82 Å². The van der Waals surface area contributed by atoms with Crippen molar-refractivity contribution in [3.63, 3.8) is 0 Å². The van der Waals surface area contributed by atoms with Gasteiger partial charge < -0.3 is 10.1 Å². The lowest BCUT2D eigenvalue weighted by Crippen LogP contribution is -2.32. The summed E-state index contributed by atoms with van der Waals surface area (Å²) in [6.07, 6.45) is 5.99. The predicted molar refractivity (Wildman–Crippen MR) is 136 cm³/mol. The van der Waals surface area contributed by atoms with Crippen molar-refractivity contribution >= 4 is 40.2 Å². The fraction of sp³-hybridized carbons (Fsp3) is 0.423. The first kappa shape index (κ1) is 24.3. The molecular weight excluding hydrogens is 489 g/mol. The second kappa shape index (κ2) is 10.7. The zero-order valence-corrected chi connectivity index (χ0v) is 20.8. The zero-order valence-electron chi connectivity index (χ0n) is 19.3. The third-order valence-corrected chi connectivity index (χ3v) is 8.05. The molecule has 3 aromatic rings. The first-order valence-electron chi connectivity index (χ1n) is 12.0. The summed E-state index contributed by atoms with van der Waals surface area (Å²) < 4.78 is 21.7. The van der Waals surface area contributed by atoms with Gasteiger partial charge in [-0.2, -0.15) is 0 Å². The van der Waals surface area contributed by atoms with E-state index in [9.17, 15) is 14.0 Å². The minimum atomic E-state index is -0.398. The van der Waals surface area contributed by atoms with E-state index in [4.69, 9.17) is 21.3 Å². The molecule has 2 aromatic carbocycles. The highest BCUT2D eigenvalue weighted by Crippen LogP contribution is 2.29. The largest absolute Gasteiger partial charge is 0.376 e. The number of nitrogens with zero attached hydrogens (tertiary/aromatic N) is 2. The molecule has 5 rings (SSSR count). The summed E-state index contributed by atoms with van der Waals surface area (Å²) in [4.78, 5) is 31.0. The van der Waals surface area contributed by atoms with Gasteiger partial charge in [-0.25, -0.2) is 9.37 Å². The van der Waals surface area contributed by atoms with Gasteiger partial charge in [-0.05, 0) is 56.0 Å². The van der Waals surface area contributed by atoms with E-state index in [1.165, 1.54) is 17.8 Å². The number of hydrogen-bond acceptors (Lipinski definition) is 5. The highest BCUT2D eigenvalue weighted by molar-refractivity contribution is 7.98. The summed E-state index contributed by atoms with van der Waals surface area (Å²) in [6, 6.07) is 9.78. The molecule has 1 aromatic heterocycles. The van der Waals surface area contributed by atoms with E-state index in [-0.39, 0.29) is 29.4 Å². The Kier molecular flexibility index (Phi) is 7.41. The van der Waals surface area contributed by atoms with Crippen molar-refractivity contribution in [1.82, 2.24) is 14.9 Å². The van der Waals surface area contributed by atoms with Gasteiger partial charge >= 0.3 is 0 Å². The van der Waals surface area contributed by atoms with Gasteiger partial charge in [0, 0.05) is 34.6 Å². The summed E-state index contributed by atoms with van der Waals surface area (Å²) in [7, 11) is 0. The minimum absolute atomic E-state index is 0.0696. The van der Waals surface area contributed by atoms with Crippen LogP contribution in [-0.4, -0.2) is 34.2 Å². The van der Waals surface area contributed by atoms with Gasteiger partial charge in [0.15, 0.2) is 5.16 Å². The first-order chi connectivity index (χ1) is 17.0. The molecule has 184 valence electrons. The van der Waals surface area contributed by atoms with Crippen LogP contribution in [0.25, 0.3) is 10.9 Å². The van der Waals surface area contributed by atoms with Crippen LogP contribution in [0.5, 0.6) is 0 Å². The first-order valence-corrected chi connectivity index (χ1v) is 13.4. The number of fused-ring (bicyclic) bond motifs is 1. The van der Waals surface area contributed by atoms with Gasteiger partial charge in [0.1, 0.15) is 5.82 Å². The average molecular weight is 516 g/mol. The van der Waals surface area contributed by atoms with Crippen molar-refractivity contribution in [3.05, 3.63) is 68.7 Å². The Labute approximate surface area is 212 Å². The fourth-order valence-electron chi connectivity index (χ4n) is 4.75. The SMILES string of the molecule is O=C(NC1CCCC1)c1ccc2c(=O)n(C[C@H]3CCCO3)c(SCc3c(F)cccc3Cl)nc2c1. The molecule has 1 amide bonds. The van der Waals surface area contributed by atoms with E-state index < -0.39 is 5.82 Å². The molecule has 1 atom stereocenters. The van der Waals surface area contributed by atoms with Crippen LogP contribution in [0.4, 0.5) is 4.39 Å². The molecule has 1 saturated heterocycles. The summed E-state index contributed by atoms with van der Waals surface area (Å²) >= 11 is 7.47. The van der Waals surface area contributed by atoms with E-state index >= 15 is 0 Å². The third-order valence-electron chi connectivity index (χ3n) is 6.69. The molecule has 0 unspecified atom stereocenters. The number of carbonyl (C=O) groups excluding carboxylic acids is 1. The number of ether oxygens (including phenoxy) is 1. The Balaban J connectivity index is 1.49. The predicted octanol–water partition coefficient (Wildman–Crippen LogP) is 5.33. The fourth-order valence-corrected chi connectivity index (χ4v) is 6.10. The third kappa shape index (κ3) is 5.39. The van der Waals surface area contributed by atoms with Crippen molar-refractivity contribution in [3.8, 4) is 0 Å². The Hall–Kier alpha value is -2.42. The van der Waals surface area contributed by atoms with Crippen molar-refractivity contribution in [2.75, 3.05) is 6.61 Å². The molecule has 9 heteroatoms. The Bertz CT molecular complexity index is 1280. The van der Waals surface area contributed by atoms with Crippen molar-refractivity contribution in [1.29, 1.82) is 0 Å². The molecular formula is C26H27ClFN3O3S. The number of halogens is 2. The lowest BCUT2D eigenvalue weighted by molar-refractivity contribution is 0.0935. The number of hydrogen-bond donors (Lipinski definition) is 1. The van der Waals surface area contributed by atoms with E-state index in [1.807, 2.05) is 0 Å². The van der Waals surface area contributed by atoms with Gasteiger partial charge in [-0.3, -0.25) is 14.2 Å². The van der Waals surface area contributed by atoms with E-state index in [0.29, 0.717) is 45.4 Å². The number of benzene rings is 2.